The fourth-order valence-electron chi connectivity index (χ4n) is 3.81. The van der Waals surface area contributed by atoms with Gasteiger partial charge in [-0.05, 0) is 36.8 Å². The van der Waals surface area contributed by atoms with E-state index in [1.165, 1.54) is 17.0 Å². The molecule has 3 aromatic rings. The van der Waals surface area contributed by atoms with E-state index in [-0.39, 0.29) is 17.7 Å². The Bertz CT molecular complexity index is 1160. The quantitative estimate of drug-likeness (QED) is 0.472. The van der Waals surface area contributed by atoms with Crippen molar-refractivity contribution >= 4 is 33.1 Å². The molecule has 2 heterocycles. The molecule has 1 aromatic carbocycles. The number of amides is 1. The molecule has 2 aromatic heterocycles. The minimum Gasteiger partial charge on any atom is -0.370 e. The van der Waals surface area contributed by atoms with Crippen molar-refractivity contribution in [3.63, 3.8) is 0 Å². The number of aryl methyl sites for hydroxylation is 2. The number of nitro benzene ring substituents is 1. The van der Waals surface area contributed by atoms with Gasteiger partial charge in [0.05, 0.1) is 10.3 Å². The minimum atomic E-state index is -0.443. The third-order valence-electron chi connectivity index (χ3n) is 5.22. The molecule has 0 radical (unpaired) electrons. The first-order valence-corrected chi connectivity index (χ1v) is 10.3. The number of hydrogen-bond acceptors (Lipinski definition) is 6. The standard InChI is InChI=1S/C20H20N4O4S/c21-16(25)5-2-10-23-17(11-12-6-8-13(9-7-12)24(27)28)22-19-18(20(23)26)14-3-1-4-15(14)29-19/h6-9H,1-5,10-11H2,(H2,21,25). The Hall–Kier alpha value is -3.07. The number of rotatable bonds is 7. The lowest BCUT2D eigenvalue weighted by Crippen LogP contribution is -2.26. The molecule has 29 heavy (non-hydrogen) atoms. The van der Waals surface area contributed by atoms with E-state index < -0.39 is 10.8 Å². The van der Waals surface area contributed by atoms with Crippen LogP contribution >= 0.6 is 11.3 Å². The fraction of sp³-hybridized carbons (Fsp3) is 0.350. The molecule has 8 nitrogen and oxygen atoms in total. The smallest absolute Gasteiger partial charge is 0.269 e. The molecule has 0 saturated heterocycles. The first kappa shape index (κ1) is 19.3. The van der Waals surface area contributed by atoms with Gasteiger partial charge in [0, 0.05) is 36.4 Å². The summed E-state index contributed by atoms with van der Waals surface area (Å²) in [6, 6.07) is 6.25. The highest BCUT2D eigenvalue weighted by molar-refractivity contribution is 7.18. The molecular formula is C20H20N4O4S. The van der Waals surface area contributed by atoms with Crippen LogP contribution in [0.25, 0.3) is 10.2 Å². The molecule has 9 heteroatoms. The molecule has 0 spiro atoms. The normalized spacial score (nSPS) is 13.0. The second-order valence-electron chi connectivity index (χ2n) is 7.19. The maximum absolute atomic E-state index is 13.3. The zero-order valence-electron chi connectivity index (χ0n) is 15.7. The van der Waals surface area contributed by atoms with Crippen LogP contribution in [0.4, 0.5) is 5.69 Å². The van der Waals surface area contributed by atoms with Gasteiger partial charge in [-0.1, -0.05) is 12.1 Å². The molecular weight excluding hydrogens is 392 g/mol. The molecule has 0 atom stereocenters. The van der Waals surface area contributed by atoms with Crippen LogP contribution in [0.3, 0.4) is 0 Å². The predicted octanol–water partition coefficient (Wildman–Crippen LogP) is 2.71. The molecule has 4 rings (SSSR count). The summed E-state index contributed by atoms with van der Waals surface area (Å²) in [5.74, 6) is 0.196. The second-order valence-corrected chi connectivity index (χ2v) is 8.28. The van der Waals surface area contributed by atoms with Gasteiger partial charge < -0.3 is 5.73 Å². The molecule has 0 aliphatic heterocycles. The molecule has 2 N–H and O–H groups in total. The van der Waals surface area contributed by atoms with E-state index in [4.69, 9.17) is 10.7 Å². The number of benzene rings is 1. The number of carbonyl (C=O) groups excluding carboxylic acids is 1. The average molecular weight is 412 g/mol. The van der Waals surface area contributed by atoms with Crippen molar-refractivity contribution in [3.05, 3.63) is 66.6 Å². The van der Waals surface area contributed by atoms with Crippen molar-refractivity contribution in [2.45, 2.75) is 45.1 Å². The van der Waals surface area contributed by atoms with Gasteiger partial charge in [-0.15, -0.1) is 11.3 Å². The minimum absolute atomic E-state index is 0.0192. The monoisotopic (exact) mass is 412 g/mol. The Labute approximate surface area is 170 Å². The van der Waals surface area contributed by atoms with Gasteiger partial charge in [0.25, 0.3) is 11.2 Å². The van der Waals surface area contributed by atoms with E-state index in [0.29, 0.717) is 30.6 Å². The molecule has 1 aliphatic rings. The number of nitrogens with zero attached hydrogens (tertiary/aromatic N) is 3. The van der Waals surface area contributed by atoms with Crippen LogP contribution in [-0.4, -0.2) is 20.4 Å². The fourth-order valence-corrected chi connectivity index (χ4v) is 5.08. The number of non-ortho nitro benzene ring substituents is 1. The van der Waals surface area contributed by atoms with Crippen LogP contribution in [-0.2, 0) is 30.6 Å². The van der Waals surface area contributed by atoms with Crippen molar-refractivity contribution in [2.75, 3.05) is 0 Å². The molecule has 0 fully saturated rings. The largest absolute Gasteiger partial charge is 0.370 e. The third-order valence-corrected chi connectivity index (χ3v) is 6.40. The van der Waals surface area contributed by atoms with Crippen molar-refractivity contribution in [2.24, 2.45) is 5.73 Å². The maximum atomic E-state index is 13.3. The Morgan fingerprint density at radius 3 is 2.72 bits per heavy atom. The van der Waals surface area contributed by atoms with Crippen LogP contribution in [0, 0.1) is 10.1 Å². The number of nitrogens with two attached hydrogens (primary N) is 1. The number of carbonyl (C=O) groups is 1. The highest BCUT2D eigenvalue weighted by atomic mass is 32.1. The molecule has 150 valence electrons. The summed E-state index contributed by atoms with van der Waals surface area (Å²) < 4.78 is 1.64. The number of fused-ring (bicyclic) bond motifs is 3. The van der Waals surface area contributed by atoms with Gasteiger partial charge in [0.15, 0.2) is 0 Å². The van der Waals surface area contributed by atoms with Gasteiger partial charge in [0.2, 0.25) is 5.91 Å². The van der Waals surface area contributed by atoms with Crippen LogP contribution in [0.2, 0.25) is 0 Å². The number of aromatic nitrogens is 2. The zero-order chi connectivity index (χ0) is 20.5. The number of hydrogen-bond donors (Lipinski definition) is 1. The highest BCUT2D eigenvalue weighted by Gasteiger charge is 2.23. The SMILES string of the molecule is NC(=O)CCCn1c(Cc2ccc([N+](=O)[O-])cc2)nc2sc3c(c2c1=O)CCC3. The van der Waals surface area contributed by atoms with E-state index in [9.17, 15) is 19.7 Å². The van der Waals surface area contributed by atoms with Crippen molar-refractivity contribution in [1.82, 2.24) is 9.55 Å². The summed E-state index contributed by atoms with van der Waals surface area (Å²) in [5.41, 5.74) is 7.14. The number of nitro groups is 1. The molecule has 0 unspecified atom stereocenters. The van der Waals surface area contributed by atoms with E-state index in [1.54, 1.807) is 28.0 Å². The summed E-state index contributed by atoms with van der Waals surface area (Å²) in [4.78, 5) is 41.6. The van der Waals surface area contributed by atoms with Crippen LogP contribution in [0.5, 0.6) is 0 Å². The number of primary amides is 1. The summed E-state index contributed by atoms with van der Waals surface area (Å²) >= 11 is 1.58. The topological polar surface area (TPSA) is 121 Å². The van der Waals surface area contributed by atoms with E-state index in [2.05, 4.69) is 0 Å². The zero-order valence-corrected chi connectivity index (χ0v) is 16.5. The van der Waals surface area contributed by atoms with Crippen LogP contribution in [0.1, 0.15) is 41.1 Å². The first-order chi connectivity index (χ1) is 13.9. The molecule has 0 saturated carbocycles. The lowest BCUT2D eigenvalue weighted by molar-refractivity contribution is -0.384. The Balaban J connectivity index is 1.75. The van der Waals surface area contributed by atoms with Crippen molar-refractivity contribution < 1.29 is 9.72 Å². The third kappa shape index (κ3) is 3.77. The van der Waals surface area contributed by atoms with Gasteiger partial charge in [-0.3, -0.25) is 24.3 Å². The lowest BCUT2D eigenvalue weighted by atomic mass is 10.1. The predicted molar refractivity (Wildman–Crippen MR) is 110 cm³/mol. The van der Waals surface area contributed by atoms with E-state index >= 15 is 0 Å². The van der Waals surface area contributed by atoms with Gasteiger partial charge in [-0.2, -0.15) is 0 Å². The summed E-state index contributed by atoms with van der Waals surface area (Å²) in [6.07, 6.45) is 3.97. The maximum Gasteiger partial charge on any atom is 0.269 e. The summed E-state index contributed by atoms with van der Waals surface area (Å²) in [6.45, 7) is 0.359. The highest BCUT2D eigenvalue weighted by Crippen LogP contribution is 2.35. The van der Waals surface area contributed by atoms with Gasteiger partial charge in [0.1, 0.15) is 10.7 Å². The first-order valence-electron chi connectivity index (χ1n) is 9.49. The Morgan fingerprint density at radius 1 is 1.28 bits per heavy atom. The van der Waals surface area contributed by atoms with Crippen molar-refractivity contribution in [3.8, 4) is 0 Å². The van der Waals surface area contributed by atoms with E-state index in [0.717, 1.165) is 35.2 Å². The molecule has 0 bridgehead atoms. The van der Waals surface area contributed by atoms with Crippen LogP contribution < -0.4 is 11.3 Å². The van der Waals surface area contributed by atoms with Crippen LogP contribution in [0.15, 0.2) is 29.1 Å². The Kier molecular flexibility index (Phi) is 5.14. The second kappa shape index (κ2) is 7.75. The Morgan fingerprint density at radius 2 is 2.03 bits per heavy atom. The number of thiophene rings is 1. The lowest BCUT2D eigenvalue weighted by Gasteiger charge is -2.13. The summed E-state index contributed by atoms with van der Waals surface area (Å²) in [7, 11) is 0. The van der Waals surface area contributed by atoms with Gasteiger partial charge in [-0.25, -0.2) is 4.98 Å². The summed E-state index contributed by atoms with van der Waals surface area (Å²) in [5, 5.41) is 11.6. The van der Waals surface area contributed by atoms with Crippen molar-refractivity contribution in [1.29, 1.82) is 0 Å². The molecule has 1 amide bonds. The van der Waals surface area contributed by atoms with Gasteiger partial charge >= 0.3 is 0 Å². The average Bonchev–Trinajstić information content (AvgIpc) is 3.25. The molecule has 1 aliphatic carbocycles. The van der Waals surface area contributed by atoms with E-state index in [1.807, 2.05) is 0 Å².